The molecule has 0 spiro atoms. The molecule has 18 heteroatoms. The molecule has 4 rings (SSSR count). The van der Waals surface area contributed by atoms with Crippen molar-refractivity contribution in [2.24, 2.45) is 23.7 Å². The lowest BCUT2D eigenvalue weighted by Crippen LogP contribution is -2.60. The van der Waals surface area contributed by atoms with Gasteiger partial charge in [-0.2, -0.15) is 0 Å². The second kappa shape index (κ2) is 20.5. The van der Waals surface area contributed by atoms with Crippen LogP contribution in [0, 0.1) is 52.8 Å². The third-order valence-corrected chi connectivity index (χ3v) is 12.5. The number of ether oxygens (including phenoxy) is 6. The van der Waals surface area contributed by atoms with Gasteiger partial charge in [-0.25, -0.2) is 26.7 Å². The van der Waals surface area contributed by atoms with Crippen molar-refractivity contribution in [3.8, 4) is 0 Å². The van der Waals surface area contributed by atoms with Crippen LogP contribution in [0.1, 0.15) is 80.2 Å². The van der Waals surface area contributed by atoms with Gasteiger partial charge in [0.1, 0.15) is 24.4 Å². The molecule has 346 valence electrons. The number of rotatable bonds is 8. The summed E-state index contributed by atoms with van der Waals surface area (Å²) >= 11 is 0. The van der Waals surface area contributed by atoms with Crippen molar-refractivity contribution < 1.29 is 75.3 Å². The maximum atomic E-state index is 14.3. The molecule has 3 aliphatic heterocycles. The topological polar surface area (TPSA) is 165 Å². The minimum atomic E-state index is -2.34. The van der Waals surface area contributed by atoms with E-state index in [0.29, 0.717) is 17.6 Å². The van der Waals surface area contributed by atoms with Crippen LogP contribution in [0.3, 0.4) is 0 Å². The number of halogens is 5. The molecule has 2 bridgehead atoms. The summed E-state index contributed by atoms with van der Waals surface area (Å²) in [6.45, 7) is 16.1. The molecular formula is C43H63F5N2O11. The predicted molar refractivity (Wildman–Crippen MR) is 211 cm³/mol. The monoisotopic (exact) mass is 878 g/mol. The van der Waals surface area contributed by atoms with Crippen molar-refractivity contribution in [3.63, 3.8) is 0 Å². The first-order chi connectivity index (χ1) is 28.4. The number of carbonyl (C=O) groups is 2. The summed E-state index contributed by atoms with van der Waals surface area (Å²) < 4.78 is 107. The van der Waals surface area contributed by atoms with E-state index in [1.54, 1.807) is 33.8 Å². The van der Waals surface area contributed by atoms with Gasteiger partial charge in [0.2, 0.25) is 5.82 Å². The van der Waals surface area contributed by atoms with Gasteiger partial charge in [-0.15, -0.1) is 0 Å². The van der Waals surface area contributed by atoms with Gasteiger partial charge >= 0.3 is 12.1 Å². The number of fused-ring (bicyclic) bond motifs is 5. The summed E-state index contributed by atoms with van der Waals surface area (Å²) in [5, 5.41) is 37.9. The second-order valence-corrected chi connectivity index (χ2v) is 17.5. The zero-order valence-electron chi connectivity index (χ0n) is 36.6. The third-order valence-electron chi connectivity index (χ3n) is 12.5. The number of aliphatic hydroxyl groups is 3. The number of likely N-dealkylation sites (N-methyl/N-ethyl adjacent to an activating group) is 1. The zero-order valence-corrected chi connectivity index (χ0v) is 36.6. The molecule has 61 heavy (non-hydrogen) atoms. The van der Waals surface area contributed by atoms with Crippen molar-refractivity contribution in [2.75, 3.05) is 33.9 Å². The summed E-state index contributed by atoms with van der Waals surface area (Å²) in [5.41, 5.74) is -3.46. The Kier molecular flexibility index (Phi) is 17.0. The highest BCUT2D eigenvalue weighted by molar-refractivity contribution is 5.73. The van der Waals surface area contributed by atoms with E-state index >= 15 is 0 Å². The lowest BCUT2D eigenvalue weighted by atomic mass is 9.72. The average molecular weight is 879 g/mol. The molecule has 3 saturated heterocycles. The van der Waals surface area contributed by atoms with Crippen molar-refractivity contribution >= 4 is 12.1 Å². The van der Waals surface area contributed by atoms with E-state index in [2.05, 4.69) is 6.58 Å². The third kappa shape index (κ3) is 11.1. The first-order valence-corrected chi connectivity index (χ1v) is 20.7. The fraction of sp³-hybridized carbons (Fsp3) is 0.721. The minimum absolute atomic E-state index is 0.0620. The maximum absolute atomic E-state index is 14.3. The van der Waals surface area contributed by atoms with Gasteiger partial charge in [0.15, 0.2) is 29.6 Å². The van der Waals surface area contributed by atoms with E-state index in [0.717, 1.165) is 0 Å². The van der Waals surface area contributed by atoms with Crippen molar-refractivity contribution in [3.05, 3.63) is 58.5 Å². The molecule has 3 fully saturated rings. The van der Waals surface area contributed by atoms with E-state index in [-0.39, 0.29) is 38.2 Å². The van der Waals surface area contributed by atoms with Crippen molar-refractivity contribution in [1.82, 2.24) is 10.2 Å². The van der Waals surface area contributed by atoms with Gasteiger partial charge in [0.05, 0.1) is 55.7 Å². The van der Waals surface area contributed by atoms with Gasteiger partial charge in [-0.05, 0) is 78.6 Å². The summed E-state index contributed by atoms with van der Waals surface area (Å²) in [6.07, 6.45) is -6.29. The molecule has 2 unspecified atom stereocenters. The molecule has 3 aliphatic rings. The fourth-order valence-electron chi connectivity index (χ4n) is 9.00. The normalized spacial score (nSPS) is 37.7. The predicted octanol–water partition coefficient (Wildman–Crippen LogP) is 5.46. The lowest BCUT2D eigenvalue weighted by molar-refractivity contribution is -0.303. The summed E-state index contributed by atoms with van der Waals surface area (Å²) in [6, 6.07) is -0.349. The van der Waals surface area contributed by atoms with Crippen LogP contribution in [-0.2, 0) is 39.8 Å². The zero-order chi connectivity index (χ0) is 45.9. The van der Waals surface area contributed by atoms with Crippen LogP contribution in [0.4, 0.5) is 26.7 Å². The van der Waals surface area contributed by atoms with Crippen LogP contribution in [0.15, 0.2) is 23.8 Å². The van der Waals surface area contributed by atoms with E-state index in [1.165, 1.54) is 13.8 Å². The van der Waals surface area contributed by atoms with Crippen molar-refractivity contribution in [2.45, 2.75) is 141 Å². The quantitative estimate of drug-likeness (QED) is 0.0859. The first-order valence-electron chi connectivity index (χ1n) is 20.7. The standard InChI is InChI=1S/C43H63F5N2O11/c1-12-29-43(9,55)38-23(5)26(13-14-56-41(54)49-17-27-30(44)32(46)34(48)33(47)31(27)45)21(3)16-42(8,58-19-20(2)18-57-38)37(24(6)35(51)25(7)39(53)60-29)61-40-36(52)28(50(10)11)15-22(4)59-40/h13,21-25,28-29,35-38,40,51-52,55H,2,12,14-19H2,1,3-11H3,(H,49,54)/b26-13+/t21-,22-,23+,24+,25-,28+,29-,35+,36-,37-,38?,40?,42-,43-/m1/s1. The molecule has 1 amide bonds. The van der Waals surface area contributed by atoms with Crippen molar-refractivity contribution in [1.29, 1.82) is 0 Å². The highest BCUT2D eigenvalue weighted by Gasteiger charge is 2.52. The van der Waals surface area contributed by atoms with Crippen LogP contribution in [-0.4, -0.2) is 126 Å². The Balaban J connectivity index is 1.81. The number of nitrogens with zero attached hydrogens (tertiary/aromatic N) is 1. The van der Waals surface area contributed by atoms with Gasteiger partial charge < -0.3 is 54.0 Å². The summed E-state index contributed by atoms with van der Waals surface area (Å²) in [5.74, 6) is -14.9. The molecule has 0 aromatic heterocycles. The molecule has 0 aliphatic carbocycles. The van der Waals surface area contributed by atoms with E-state index in [1.807, 2.05) is 38.2 Å². The Morgan fingerprint density at radius 3 is 2.16 bits per heavy atom. The highest BCUT2D eigenvalue weighted by Crippen LogP contribution is 2.43. The number of esters is 1. The highest BCUT2D eigenvalue weighted by atomic mass is 19.2. The van der Waals surface area contributed by atoms with Gasteiger partial charge in [-0.1, -0.05) is 39.8 Å². The molecular weight excluding hydrogens is 815 g/mol. The Morgan fingerprint density at radius 2 is 1.57 bits per heavy atom. The van der Waals surface area contributed by atoms with Gasteiger partial charge in [0, 0.05) is 23.4 Å². The van der Waals surface area contributed by atoms with Crippen LogP contribution in [0.25, 0.3) is 0 Å². The van der Waals surface area contributed by atoms with Crippen LogP contribution in [0.5, 0.6) is 0 Å². The molecule has 1 aromatic rings. The number of hydrogen-bond acceptors (Lipinski definition) is 12. The second-order valence-electron chi connectivity index (χ2n) is 17.5. The molecule has 4 N–H and O–H groups in total. The number of carbonyl (C=O) groups excluding carboxylic acids is 2. The van der Waals surface area contributed by atoms with E-state index in [4.69, 9.17) is 28.4 Å². The summed E-state index contributed by atoms with van der Waals surface area (Å²) in [4.78, 5) is 28.5. The molecule has 13 nitrogen and oxygen atoms in total. The Hall–Kier alpha value is -3.23. The van der Waals surface area contributed by atoms with Crippen LogP contribution < -0.4 is 5.32 Å². The molecule has 0 radical (unpaired) electrons. The van der Waals surface area contributed by atoms with Gasteiger partial charge in [0.25, 0.3) is 0 Å². The molecule has 14 atom stereocenters. The molecule has 3 heterocycles. The number of hydrogen-bond donors (Lipinski definition) is 4. The summed E-state index contributed by atoms with van der Waals surface area (Å²) in [7, 11) is 3.66. The van der Waals surface area contributed by atoms with Crippen LogP contribution >= 0.6 is 0 Å². The number of amides is 1. The van der Waals surface area contributed by atoms with Crippen LogP contribution in [0.2, 0.25) is 0 Å². The lowest BCUT2D eigenvalue weighted by Gasteiger charge is -2.48. The largest absolute Gasteiger partial charge is 0.459 e. The Labute approximate surface area is 354 Å². The smallest absolute Gasteiger partial charge is 0.407 e. The van der Waals surface area contributed by atoms with E-state index in [9.17, 15) is 46.9 Å². The molecule has 0 saturated carbocycles. The fourth-order valence-corrected chi connectivity index (χ4v) is 9.00. The number of alkyl carbamates (subject to hydrolysis) is 1. The molecule has 1 aromatic carbocycles. The Bertz CT molecular complexity index is 1740. The number of benzene rings is 1. The minimum Gasteiger partial charge on any atom is -0.459 e. The Morgan fingerprint density at radius 1 is 0.967 bits per heavy atom. The average Bonchev–Trinajstić information content (AvgIpc) is 3.21. The number of aliphatic hydroxyl groups excluding tert-OH is 2. The number of nitrogens with one attached hydrogen (secondary N) is 1. The van der Waals surface area contributed by atoms with E-state index < -0.39 is 132 Å². The van der Waals surface area contributed by atoms with Gasteiger partial charge in [-0.3, -0.25) is 4.79 Å². The SMILES string of the molecule is C=C1COC2[C@@H](C)/C(=C/COC(=O)NCc3c(F)c(F)c(F)c(F)c3F)[C@H](C)C[C@@](C)(OC1)[C@H](OC1O[C@H](C)C[C@H](N(C)C)[C@H]1O)[C@@H](C)[C@H](O)[C@@H](C)C(=O)O[C@H](CC)[C@@]2(C)O. The number of cyclic esters (lactones) is 1. The first kappa shape index (κ1) is 50.4. The maximum Gasteiger partial charge on any atom is 0.407 e.